The lowest BCUT2D eigenvalue weighted by Crippen LogP contribution is -2.34. The first-order chi connectivity index (χ1) is 11.0. The maximum atomic E-state index is 11.6. The van der Waals surface area contributed by atoms with Gasteiger partial charge in [0.2, 0.25) is 0 Å². The molecule has 0 aromatic carbocycles. The molecule has 2 rings (SSSR count). The molecule has 0 aliphatic carbocycles. The van der Waals surface area contributed by atoms with Crippen LogP contribution < -0.4 is 5.32 Å². The van der Waals surface area contributed by atoms with Crippen LogP contribution in [0.1, 0.15) is 31.2 Å². The van der Waals surface area contributed by atoms with Crippen LogP contribution in [0.3, 0.4) is 0 Å². The van der Waals surface area contributed by atoms with E-state index in [0.717, 1.165) is 38.3 Å². The summed E-state index contributed by atoms with van der Waals surface area (Å²) >= 11 is 1.93. The number of aromatic nitrogens is 2. The van der Waals surface area contributed by atoms with Gasteiger partial charge in [0.15, 0.2) is 0 Å². The second-order valence-corrected chi connectivity index (χ2v) is 7.64. The van der Waals surface area contributed by atoms with E-state index in [4.69, 9.17) is 0 Å². The van der Waals surface area contributed by atoms with Gasteiger partial charge in [0, 0.05) is 39.0 Å². The summed E-state index contributed by atoms with van der Waals surface area (Å²) in [6.07, 6.45) is 4.53. The highest BCUT2D eigenvalue weighted by molar-refractivity contribution is 7.99. The van der Waals surface area contributed by atoms with Crippen LogP contribution in [-0.4, -0.2) is 64.3 Å². The van der Waals surface area contributed by atoms with Gasteiger partial charge in [-0.2, -0.15) is 16.9 Å². The maximum absolute atomic E-state index is 11.6. The van der Waals surface area contributed by atoms with Gasteiger partial charge in [-0.05, 0) is 31.7 Å². The highest BCUT2D eigenvalue weighted by Gasteiger charge is 2.17. The summed E-state index contributed by atoms with van der Waals surface area (Å²) in [5.41, 5.74) is 2.20. The number of nitrogens with zero attached hydrogens (tertiary/aromatic N) is 4. The molecule has 2 amide bonds. The fourth-order valence-electron chi connectivity index (χ4n) is 2.67. The van der Waals surface area contributed by atoms with Gasteiger partial charge in [-0.3, -0.25) is 9.58 Å². The zero-order valence-corrected chi connectivity index (χ0v) is 15.5. The molecule has 1 aromatic heterocycles. The van der Waals surface area contributed by atoms with Crippen molar-refractivity contribution in [2.24, 2.45) is 0 Å². The van der Waals surface area contributed by atoms with Crippen molar-refractivity contribution in [3.63, 3.8) is 0 Å². The Morgan fingerprint density at radius 2 is 2.26 bits per heavy atom. The predicted molar refractivity (Wildman–Crippen MR) is 95.6 cm³/mol. The average Bonchev–Trinajstić information content (AvgIpc) is 2.81. The standard InChI is InChI=1S/C16H29N5OS/c1-13(23-4)6-9-20-7-5-8-21-15(12-20)10-14(18-21)11-17-16(22)19(2)3/h10,13H,5-9,11-12H2,1-4H3,(H,17,22). The molecule has 0 spiro atoms. The zero-order valence-electron chi connectivity index (χ0n) is 14.7. The Labute approximate surface area is 143 Å². The molecule has 1 aromatic rings. The Bertz CT molecular complexity index is 517. The summed E-state index contributed by atoms with van der Waals surface area (Å²) in [5, 5.41) is 8.23. The number of rotatable bonds is 6. The first kappa shape index (κ1) is 18.1. The summed E-state index contributed by atoms with van der Waals surface area (Å²) < 4.78 is 2.11. The van der Waals surface area contributed by atoms with E-state index >= 15 is 0 Å². The molecular weight excluding hydrogens is 310 g/mol. The summed E-state index contributed by atoms with van der Waals surface area (Å²) in [6.45, 7) is 6.97. The smallest absolute Gasteiger partial charge is 0.317 e. The number of nitrogens with one attached hydrogen (secondary N) is 1. The van der Waals surface area contributed by atoms with E-state index in [1.807, 2.05) is 11.8 Å². The predicted octanol–water partition coefficient (Wildman–Crippen LogP) is 2.00. The van der Waals surface area contributed by atoms with Crippen LogP contribution in [0.2, 0.25) is 0 Å². The van der Waals surface area contributed by atoms with Crippen LogP contribution >= 0.6 is 11.8 Å². The van der Waals surface area contributed by atoms with E-state index in [2.05, 4.69) is 39.2 Å². The lowest BCUT2D eigenvalue weighted by atomic mass is 10.2. The normalized spacial score (nSPS) is 16.5. The van der Waals surface area contributed by atoms with Gasteiger partial charge in [0.05, 0.1) is 17.9 Å². The van der Waals surface area contributed by atoms with Crippen molar-refractivity contribution in [3.05, 3.63) is 17.5 Å². The van der Waals surface area contributed by atoms with E-state index in [1.165, 1.54) is 17.0 Å². The second-order valence-electron chi connectivity index (χ2n) is 6.37. The molecule has 7 heteroatoms. The van der Waals surface area contributed by atoms with Crippen molar-refractivity contribution in [2.75, 3.05) is 33.4 Å². The Morgan fingerprint density at radius 1 is 1.48 bits per heavy atom. The minimum Gasteiger partial charge on any atom is -0.332 e. The van der Waals surface area contributed by atoms with E-state index in [1.54, 1.807) is 14.1 Å². The SMILES string of the molecule is CSC(C)CCN1CCCn2nc(CNC(=O)N(C)C)cc2C1. The number of amides is 2. The third-order valence-corrected chi connectivity index (χ3v) is 5.27. The number of thioether (sulfide) groups is 1. The van der Waals surface area contributed by atoms with Crippen molar-refractivity contribution < 1.29 is 4.79 Å². The first-order valence-corrected chi connectivity index (χ1v) is 9.54. The Hall–Kier alpha value is -1.21. The van der Waals surface area contributed by atoms with Crippen molar-refractivity contribution in [1.82, 2.24) is 24.9 Å². The minimum absolute atomic E-state index is 0.0825. The fourth-order valence-corrected chi connectivity index (χ4v) is 3.01. The minimum atomic E-state index is -0.0825. The van der Waals surface area contributed by atoms with Crippen LogP contribution in [-0.2, 0) is 19.6 Å². The quantitative estimate of drug-likeness (QED) is 0.861. The Morgan fingerprint density at radius 3 is 2.96 bits per heavy atom. The van der Waals surface area contributed by atoms with Crippen molar-refractivity contribution in [3.8, 4) is 0 Å². The molecule has 1 N–H and O–H groups in total. The number of urea groups is 1. The summed E-state index contributed by atoms with van der Waals surface area (Å²) in [5.74, 6) is 0. The number of aryl methyl sites for hydroxylation is 1. The van der Waals surface area contributed by atoms with E-state index < -0.39 is 0 Å². The van der Waals surface area contributed by atoms with Crippen molar-refractivity contribution in [1.29, 1.82) is 0 Å². The van der Waals surface area contributed by atoms with Crippen LogP contribution in [0.25, 0.3) is 0 Å². The molecule has 1 unspecified atom stereocenters. The average molecular weight is 340 g/mol. The Balaban J connectivity index is 1.92. The summed E-state index contributed by atoms with van der Waals surface area (Å²) in [4.78, 5) is 15.7. The molecule has 1 atom stereocenters. The topological polar surface area (TPSA) is 53.4 Å². The van der Waals surface area contributed by atoms with Crippen LogP contribution in [0.5, 0.6) is 0 Å². The third-order valence-electron chi connectivity index (χ3n) is 4.22. The molecule has 0 saturated carbocycles. The largest absolute Gasteiger partial charge is 0.332 e. The van der Waals surface area contributed by atoms with Gasteiger partial charge in [-0.15, -0.1) is 0 Å². The van der Waals surface area contributed by atoms with Gasteiger partial charge in [-0.1, -0.05) is 6.92 Å². The zero-order chi connectivity index (χ0) is 16.8. The lowest BCUT2D eigenvalue weighted by Gasteiger charge is -2.21. The maximum Gasteiger partial charge on any atom is 0.317 e. The summed E-state index contributed by atoms with van der Waals surface area (Å²) in [7, 11) is 3.48. The van der Waals surface area contributed by atoms with Gasteiger partial charge in [0.1, 0.15) is 0 Å². The molecule has 6 nitrogen and oxygen atoms in total. The van der Waals surface area contributed by atoms with Gasteiger partial charge < -0.3 is 10.2 Å². The molecule has 1 aliphatic rings. The molecule has 130 valence electrons. The molecule has 1 aliphatic heterocycles. The Kier molecular flexibility index (Phi) is 6.77. The second kappa shape index (κ2) is 8.59. The monoisotopic (exact) mass is 339 g/mol. The highest BCUT2D eigenvalue weighted by Crippen LogP contribution is 2.16. The molecule has 2 heterocycles. The van der Waals surface area contributed by atoms with Crippen LogP contribution in [0, 0.1) is 0 Å². The number of carbonyl (C=O) groups excluding carboxylic acids is 1. The first-order valence-electron chi connectivity index (χ1n) is 8.25. The van der Waals surface area contributed by atoms with Crippen molar-refractivity contribution in [2.45, 2.75) is 44.6 Å². The number of carbonyl (C=O) groups is 1. The number of hydrogen-bond acceptors (Lipinski definition) is 4. The molecule has 23 heavy (non-hydrogen) atoms. The molecule has 0 saturated heterocycles. The third kappa shape index (κ3) is 5.42. The van der Waals surface area contributed by atoms with E-state index in [9.17, 15) is 4.79 Å². The van der Waals surface area contributed by atoms with Gasteiger partial charge >= 0.3 is 6.03 Å². The molecule has 0 bridgehead atoms. The molecular formula is C16H29N5OS. The number of fused-ring (bicyclic) bond motifs is 1. The highest BCUT2D eigenvalue weighted by atomic mass is 32.2. The van der Waals surface area contributed by atoms with E-state index in [0.29, 0.717) is 11.8 Å². The molecule has 0 fully saturated rings. The van der Waals surface area contributed by atoms with Crippen LogP contribution in [0.15, 0.2) is 6.07 Å². The van der Waals surface area contributed by atoms with E-state index in [-0.39, 0.29) is 6.03 Å². The summed E-state index contributed by atoms with van der Waals surface area (Å²) in [6, 6.07) is 2.05. The van der Waals surface area contributed by atoms with Gasteiger partial charge in [-0.25, -0.2) is 4.79 Å². The lowest BCUT2D eigenvalue weighted by molar-refractivity contribution is 0.217. The number of hydrogen-bond donors (Lipinski definition) is 1. The van der Waals surface area contributed by atoms with Crippen LogP contribution in [0.4, 0.5) is 4.79 Å². The molecule has 0 radical (unpaired) electrons. The van der Waals surface area contributed by atoms with Gasteiger partial charge in [0.25, 0.3) is 0 Å². The van der Waals surface area contributed by atoms with Crippen molar-refractivity contribution >= 4 is 17.8 Å². The fraction of sp³-hybridized carbons (Fsp3) is 0.750.